The molecule has 0 aliphatic heterocycles. The zero-order valence-electron chi connectivity index (χ0n) is 8.24. The fourth-order valence-electron chi connectivity index (χ4n) is 1.50. The zero-order chi connectivity index (χ0) is 9.84. The predicted octanol–water partition coefficient (Wildman–Crippen LogP) is 3.20. The lowest BCUT2D eigenvalue weighted by Crippen LogP contribution is -1.89. The molecule has 0 radical (unpaired) electrons. The first-order valence-corrected chi connectivity index (χ1v) is 4.81. The topological polar surface area (TPSA) is 0 Å². The normalized spacial score (nSPS) is 9.23. The third-order valence-corrected chi connectivity index (χ3v) is 2.09. The van der Waals surface area contributed by atoms with Crippen molar-refractivity contribution in [2.75, 3.05) is 5.88 Å². The molecular formula is C12H13Cl. The monoisotopic (exact) mass is 192 g/mol. The largest absolute Gasteiger partial charge is 0.113 e. The molecule has 68 valence electrons. The van der Waals surface area contributed by atoms with Gasteiger partial charge in [0.25, 0.3) is 0 Å². The summed E-state index contributed by atoms with van der Waals surface area (Å²) in [5.74, 6) is 6.35. The molecule has 0 aromatic heterocycles. The van der Waals surface area contributed by atoms with Crippen molar-refractivity contribution in [3.63, 3.8) is 0 Å². The molecule has 1 heteroatoms. The van der Waals surface area contributed by atoms with Crippen LogP contribution in [0.1, 0.15) is 22.3 Å². The van der Waals surface area contributed by atoms with Crippen LogP contribution in [-0.2, 0) is 0 Å². The fraction of sp³-hybridized carbons (Fsp3) is 0.333. The minimum Gasteiger partial charge on any atom is -0.113 e. The lowest BCUT2D eigenvalue weighted by atomic mass is 10.0. The Bertz CT molecular complexity index is 343. The van der Waals surface area contributed by atoms with Crippen LogP contribution >= 0.6 is 11.6 Å². The smallest absolute Gasteiger partial charge is 0.0839 e. The number of hydrogen-bond acceptors (Lipinski definition) is 0. The molecule has 0 amide bonds. The highest BCUT2D eigenvalue weighted by molar-refractivity contribution is 6.19. The van der Waals surface area contributed by atoms with Crippen molar-refractivity contribution in [3.8, 4) is 11.8 Å². The van der Waals surface area contributed by atoms with Gasteiger partial charge in [-0.15, -0.1) is 11.6 Å². The van der Waals surface area contributed by atoms with Gasteiger partial charge in [-0.1, -0.05) is 29.5 Å². The molecule has 0 aliphatic rings. The van der Waals surface area contributed by atoms with Gasteiger partial charge >= 0.3 is 0 Å². The van der Waals surface area contributed by atoms with E-state index < -0.39 is 0 Å². The van der Waals surface area contributed by atoms with Crippen LogP contribution in [-0.4, -0.2) is 5.88 Å². The number of aryl methyl sites for hydroxylation is 3. The molecule has 0 unspecified atom stereocenters. The molecule has 0 N–H and O–H groups in total. The van der Waals surface area contributed by atoms with E-state index in [1.807, 2.05) is 0 Å². The van der Waals surface area contributed by atoms with E-state index in [9.17, 15) is 0 Å². The minimum absolute atomic E-state index is 0.396. The van der Waals surface area contributed by atoms with E-state index in [2.05, 4.69) is 44.7 Å². The maximum Gasteiger partial charge on any atom is 0.0839 e. The Morgan fingerprint density at radius 3 is 2.15 bits per heavy atom. The van der Waals surface area contributed by atoms with Crippen LogP contribution in [0.15, 0.2) is 12.1 Å². The molecule has 0 atom stereocenters. The van der Waals surface area contributed by atoms with Crippen molar-refractivity contribution < 1.29 is 0 Å². The van der Waals surface area contributed by atoms with Gasteiger partial charge in [-0.2, -0.15) is 0 Å². The molecular weight excluding hydrogens is 180 g/mol. The Kier molecular flexibility index (Phi) is 3.39. The van der Waals surface area contributed by atoms with Crippen molar-refractivity contribution in [1.82, 2.24) is 0 Å². The molecule has 0 aliphatic carbocycles. The van der Waals surface area contributed by atoms with Crippen LogP contribution in [0.4, 0.5) is 0 Å². The Morgan fingerprint density at radius 2 is 1.69 bits per heavy atom. The third-order valence-electron chi connectivity index (χ3n) is 1.96. The molecule has 0 heterocycles. The molecule has 0 saturated heterocycles. The first-order valence-electron chi connectivity index (χ1n) is 4.28. The van der Waals surface area contributed by atoms with Crippen LogP contribution in [0, 0.1) is 32.6 Å². The predicted molar refractivity (Wildman–Crippen MR) is 58.3 cm³/mol. The SMILES string of the molecule is Cc1cc(C)c(C#CCCl)c(C)c1. The van der Waals surface area contributed by atoms with E-state index in [-0.39, 0.29) is 0 Å². The lowest BCUT2D eigenvalue weighted by molar-refractivity contribution is 1.30. The first kappa shape index (κ1) is 10.2. The van der Waals surface area contributed by atoms with E-state index in [4.69, 9.17) is 11.6 Å². The summed E-state index contributed by atoms with van der Waals surface area (Å²) < 4.78 is 0. The van der Waals surface area contributed by atoms with Crippen molar-refractivity contribution in [2.24, 2.45) is 0 Å². The zero-order valence-corrected chi connectivity index (χ0v) is 9.00. The molecule has 1 rings (SSSR count). The molecule has 0 spiro atoms. The summed E-state index contributed by atoms with van der Waals surface area (Å²) in [5, 5.41) is 0. The van der Waals surface area contributed by atoms with Crippen LogP contribution in [0.3, 0.4) is 0 Å². The van der Waals surface area contributed by atoms with Crippen molar-refractivity contribution in [1.29, 1.82) is 0 Å². The summed E-state index contributed by atoms with van der Waals surface area (Å²) >= 11 is 5.51. The Balaban J connectivity index is 3.21. The Morgan fingerprint density at radius 1 is 1.15 bits per heavy atom. The van der Waals surface area contributed by atoms with Gasteiger partial charge < -0.3 is 0 Å². The highest BCUT2D eigenvalue weighted by Gasteiger charge is 1.99. The molecule has 0 bridgehead atoms. The maximum atomic E-state index is 5.51. The van der Waals surface area contributed by atoms with E-state index in [1.165, 1.54) is 16.7 Å². The number of halogens is 1. The second kappa shape index (κ2) is 4.35. The maximum absolute atomic E-state index is 5.51. The Labute approximate surface area is 84.9 Å². The van der Waals surface area contributed by atoms with Gasteiger partial charge in [-0.3, -0.25) is 0 Å². The van der Waals surface area contributed by atoms with E-state index >= 15 is 0 Å². The van der Waals surface area contributed by atoms with Crippen LogP contribution in [0.2, 0.25) is 0 Å². The molecule has 0 saturated carbocycles. The van der Waals surface area contributed by atoms with E-state index in [0.717, 1.165) is 5.56 Å². The summed E-state index contributed by atoms with van der Waals surface area (Å²) in [5.41, 5.74) is 4.86. The van der Waals surface area contributed by atoms with Gasteiger partial charge in [0.05, 0.1) is 5.88 Å². The van der Waals surface area contributed by atoms with Gasteiger partial charge in [-0.25, -0.2) is 0 Å². The minimum atomic E-state index is 0.396. The molecule has 1 aromatic rings. The van der Waals surface area contributed by atoms with E-state index in [1.54, 1.807) is 0 Å². The molecule has 1 aromatic carbocycles. The standard InChI is InChI=1S/C12H13Cl/c1-9-7-10(2)12(5-4-6-13)11(3)8-9/h7-8H,6H2,1-3H3. The van der Waals surface area contributed by atoms with Crippen LogP contribution < -0.4 is 0 Å². The molecule has 0 nitrogen and oxygen atoms in total. The number of rotatable bonds is 0. The summed E-state index contributed by atoms with van der Waals surface area (Å²) in [4.78, 5) is 0. The number of hydrogen-bond donors (Lipinski definition) is 0. The molecule has 13 heavy (non-hydrogen) atoms. The third kappa shape index (κ3) is 2.50. The Hall–Kier alpha value is -0.930. The van der Waals surface area contributed by atoms with Gasteiger partial charge in [0.15, 0.2) is 0 Å². The van der Waals surface area contributed by atoms with Gasteiger partial charge in [0.1, 0.15) is 0 Å². The lowest BCUT2D eigenvalue weighted by Gasteiger charge is -2.04. The average molecular weight is 193 g/mol. The summed E-state index contributed by atoms with van der Waals surface area (Å²) in [7, 11) is 0. The average Bonchev–Trinajstić information content (AvgIpc) is 2.02. The van der Waals surface area contributed by atoms with Crippen molar-refractivity contribution in [3.05, 3.63) is 34.4 Å². The van der Waals surface area contributed by atoms with Crippen LogP contribution in [0.25, 0.3) is 0 Å². The second-order valence-electron chi connectivity index (χ2n) is 3.21. The first-order chi connectivity index (χ1) is 6.15. The summed E-state index contributed by atoms with van der Waals surface area (Å²) in [6, 6.07) is 4.29. The summed E-state index contributed by atoms with van der Waals surface area (Å²) in [6.45, 7) is 6.26. The number of alkyl halides is 1. The second-order valence-corrected chi connectivity index (χ2v) is 3.48. The van der Waals surface area contributed by atoms with Crippen molar-refractivity contribution >= 4 is 11.6 Å². The summed E-state index contributed by atoms with van der Waals surface area (Å²) in [6.07, 6.45) is 0. The highest BCUT2D eigenvalue weighted by Crippen LogP contribution is 2.14. The highest BCUT2D eigenvalue weighted by atomic mass is 35.5. The quantitative estimate of drug-likeness (QED) is 0.438. The van der Waals surface area contributed by atoms with Gasteiger partial charge in [0.2, 0.25) is 0 Å². The van der Waals surface area contributed by atoms with Gasteiger partial charge in [-0.05, 0) is 31.9 Å². The number of benzene rings is 1. The van der Waals surface area contributed by atoms with E-state index in [0.29, 0.717) is 5.88 Å². The van der Waals surface area contributed by atoms with Crippen LogP contribution in [0.5, 0.6) is 0 Å². The molecule has 0 fully saturated rings. The fourth-order valence-corrected chi connectivity index (χ4v) is 1.57. The van der Waals surface area contributed by atoms with Crippen molar-refractivity contribution in [2.45, 2.75) is 20.8 Å². The van der Waals surface area contributed by atoms with Gasteiger partial charge in [0, 0.05) is 5.56 Å².